The van der Waals surface area contributed by atoms with E-state index in [4.69, 9.17) is 23.1 Å². The molecule has 0 unspecified atom stereocenters. The minimum atomic E-state index is -0.367. The van der Waals surface area contributed by atoms with Crippen LogP contribution in [-0.4, -0.2) is 11.7 Å². The number of rotatable bonds is 2. The number of halogens is 2. The Kier molecular flexibility index (Phi) is 3.55. The lowest BCUT2D eigenvalue weighted by Gasteiger charge is -2.12. The highest BCUT2D eigenvalue weighted by Gasteiger charge is 2.11. The van der Waals surface area contributed by atoms with E-state index in [1.165, 1.54) is 6.07 Å². The van der Waals surface area contributed by atoms with Gasteiger partial charge in [0.05, 0.1) is 5.02 Å². The van der Waals surface area contributed by atoms with E-state index in [0.717, 1.165) is 0 Å². The molecule has 0 saturated carbocycles. The van der Waals surface area contributed by atoms with Gasteiger partial charge in [-0.05, 0) is 28.1 Å². The van der Waals surface area contributed by atoms with Gasteiger partial charge in [-0.3, -0.25) is 0 Å². The third-order valence-electron chi connectivity index (χ3n) is 1.72. The van der Waals surface area contributed by atoms with E-state index in [-0.39, 0.29) is 18.3 Å². The maximum absolute atomic E-state index is 9.48. The summed E-state index contributed by atoms with van der Waals surface area (Å²) in [7, 11) is 0. The van der Waals surface area contributed by atoms with E-state index in [2.05, 4.69) is 15.9 Å². The lowest BCUT2D eigenvalue weighted by atomic mass is 10.1. The summed E-state index contributed by atoms with van der Waals surface area (Å²) >= 11 is 8.99. The first-order valence-electron chi connectivity index (χ1n) is 3.69. The van der Waals surface area contributed by atoms with E-state index in [1.807, 2.05) is 0 Å². The van der Waals surface area contributed by atoms with Gasteiger partial charge in [0.25, 0.3) is 0 Å². The first-order chi connectivity index (χ1) is 6.06. The standard InChI is InChI=1S/C8H10BrClN2O/c9-5-1-4(7(12)3-11)8(13)2-6(5)10/h1-2,7,13H,3,11-12H2/t7-/m0/s1. The number of phenols is 1. The summed E-state index contributed by atoms with van der Waals surface area (Å²) in [5, 5.41) is 9.93. The van der Waals surface area contributed by atoms with Crippen LogP contribution in [0.1, 0.15) is 11.6 Å². The van der Waals surface area contributed by atoms with E-state index >= 15 is 0 Å². The maximum Gasteiger partial charge on any atom is 0.121 e. The molecular formula is C8H10BrClN2O. The van der Waals surface area contributed by atoms with Gasteiger partial charge in [0.2, 0.25) is 0 Å². The van der Waals surface area contributed by atoms with E-state index in [1.54, 1.807) is 6.07 Å². The molecule has 72 valence electrons. The maximum atomic E-state index is 9.48. The topological polar surface area (TPSA) is 72.3 Å². The van der Waals surface area contributed by atoms with Gasteiger partial charge in [0.15, 0.2) is 0 Å². The molecule has 1 aromatic carbocycles. The van der Waals surface area contributed by atoms with Crippen molar-refractivity contribution >= 4 is 27.5 Å². The van der Waals surface area contributed by atoms with Crippen LogP contribution in [0.15, 0.2) is 16.6 Å². The average Bonchev–Trinajstić information content (AvgIpc) is 2.10. The van der Waals surface area contributed by atoms with Crippen molar-refractivity contribution in [2.45, 2.75) is 6.04 Å². The lowest BCUT2D eigenvalue weighted by molar-refractivity contribution is 0.462. The van der Waals surface area contributed by atoms with Crippen molar-refractivity contribution in [3.05, 3.63) is 27.2 Å². The Hall–Kier alpha value is -0.290. The van der Waals surface area contributed by atoms with Crippen molar-refractivity contribution in [2.24, 2.45) is 11.5 Å². The first kappa shape index (κ1) is 10.8. The molecule has 5 N–H and O–H groups in total. The smallest absolute Gasteiger partial charge is 0.121 e. The Morgan fingerprint density at radius 3 is 2.69 bits per heavy atom. The van der Waals surface area contributed by atoms with Gasteiger partial charge in [0.1, 0.15) is 5.75 Å². The van der Waals surface area contributed by atoms with Crippen molar-refractivity contribution in [2.75, 3.05) is 6.54 Å². The molecular weight excluding hydrogens is 255 g/mol. The van der Waals surface area contributed by atoms with Crippen LogP contribution in [0.25, 0.3) is 0 Å². The van der Waals surface area contributed by atoms with Gasteiger partial charge in [-0.15, -0.1) is 0 Å². The Morgan fingerprint density at radius 2 is 2.15 bits per heavy atom. The van der Waals surface area contributed by atoms with Crippen LogP contribution in [0.3, 0.4) is 0 Å². The van der Waals surface area contributed by atoms with Gasteiger partial charge in [-0.1, -0.05) is 11.6 Å². The second kappa shape index (κ2) is 4.28. The Labute approximate surface area is 89.8 Å². The van der Waals surface area contributed by atoms with Crippen LogP contribution in [0.2, 0.25) is 5.02 Å². The van der Waals surface area contributed by atoms with Gasteiger partial charge in [-0.25, -0.2) is 0 Å². The monoisotopic (exact) mass is 264 g/mol. The fourth-order valence-electron chi connectivity index (χ4n) is 0.976. The van der Waals surface area contributed by atoms with E-state index in [0.29, 0.717) is 15.1 Å². The third kappa shape index (κ3) is 2.34. The molecule has 1 rings (SSSR count). The summed E-state index contributed by atoms with van der Waals surface area (Å²) in [5.74, 6) is 0.0751. The summed E-state index contributed by atoms with van der Waals surface area (Å²) in [6.45, 7) is 0.279. The van der Waals surface area contributed by atoms with Crippen molar-refractivity contribution < 1.29 is 5.11 Å². The molecule has 0 aliphatic heterocycles. The molecule has 0 amide bonds. The van der Waals surface area contributed by atoms with Gasteiger partial charge in [-0.2, -0.15) is 0 Å². The van der Waals surface area contributed by atoms with Crippen LogP contribution in [0, 0.1) is 0 Å². The number of hydrogen-bond donors (Lipinski definition) is 3. The van der Waals surface area contributed by atoms with E-state index in [9.17, 15) is 5.11 Å². The SMILES string of the molecule is NC[C@H](N)c1cc(Br)c(Cl)cc1O. The highest BCUT2D eigenvalue weighted by molar-refractivity contribution is 9.10. The summed E-state index contributed by atoms with van der Waals surface area (Å²) in [5.41, 5.74) is 11.6. The average molecular weight is 266 g/mol. The number of phenolic OH excluding ortho intramolecular Hbond substituents is 1. The number of hydrogen-bond acceptors (Lipinski definition) is 3. The van der Waals surface area contributed by atoms with Gasteiger partial charge in [0, 0.05) is 22.6 Å². The molecule has 0 bridgehead atoms. The van der Waals surface area contributed by atoms with Gasteiger partial charge >= 0.3 is 0 Å². The Morgan fingerprint density at radius 1 is 1.54 bits per heavy atom. The summed E-state index contributed by atoms with van der Waals surface area (Å²) in [6, 6.07) is 2.75. The molecule has 3 nitrogen and oxygen atoms in total. The first-order valence-corrected chi connectivity index (χ1v) is 4.87. The number of benzene rings is 1. The van der Waals surface area contributed by atoms with Crippen LogP contribution in [-0.2, 0) is 0 Å². The quantitative estimate of drug-likeness (QED) is 0.763. The fraction of sp³-hybridized carbons (Fsp3) is 0.250. The largest absolute Gasteiger partial charge is 0.508 e. The number of nitrogens with two attached hydrogens (primary N) is 2. The molecule has 0 aliphatic carbocycles. The third-order valence-corrected chi connectivity index (χ3v) is 2.92. The lowest BCUT2D eigenvalue weighted by Crippen LogP contribution is -2.20. The van der Waals surface area contributed by atoms with Crippen LogP contribution in [0.5, 0.6) is 5.75 Å². The molecule has 0 aromatic heterocycles. The molecule has 0 fully saturated rings. The Balaban J connectivity index is 3.15. The number of aromatic hydroxyl groups is 1. The van der Waals surface area contributed by atoms with E-state index < -0.39 is 0 Å². The zero-order valence-electron chi connectivity index (χ0n) is 6.80. The van der Waals surface area contributed by atoms with Crippen molar-refractivity contribution in [3.8, 4) is 5.75 Å². The Bertz CT molecular complexity index is 319. The van der Waals surface area contributed by atoms with Crippen molar-refractivity contribution in [1.29, 1.82) is 0 Å². The summed E-state index contributed by atoms with van der Waals surface area (Å²) in [6.07, 6.45) is 0. The minimum Gasteiger partial charge on any atom is -0.508 e. The van der Waals surface area contributed by atoms with Crippen LogP contribution in [0.4, 0.5) is 0 Å². The highest BCUT2D eigenvalue weighted by Crippen LogP contribution is 2.32. The van der Waals surface area contributed by atoms with Gasteiger partial charge < -0.3 is 16.6 Å². The highest BCUT2D eigenvalue weighted by atomic mass is 79.9. The second-order valence-electron chi connectivity index (χ2n) is 2.67. The predicted molar refractivity (Wildman–Crippen MR) is 56.8 cm³/mol. The molecule has 1 aromatic rings. The molecule has 5 heteroatoms. The van der Waals surface area contributed by atoms with Crippen molar-refractivity contribution in [1.82, 2.24) is 0 Å². The molecule has 1 atom stereocenters. The zero-order chi connectivity index (χ0) is 10.0. The minimum absolute atomic E-state index is 0.0751. The fourth-order valence-corrected chi connectivity index (χ4v) is 1.49. The second-order valence-corrected chi connectivity index (χ2v) is 3.93. The molecule has 0 heterocycles. The van der Waals surface area contributed by atoms with Crippen LogP contribution >= 0.6 is 27.5 Å². The van der Waals surface area contributed by atoms with Crippen molar-refractivity contribution in [3.63, 3.8) is 0 Å². The molecule has 0 radical (unpaired) electrons. The van der Waals surface area contributed by atoms with Crippen LogP contribution < -0.4 is 11.5 Å². The molecule has 0 aliphatic rings. The molecule has 13 heavy (non-hydrogen) atoms. The molecule has 0 saturated heterocycles. The normalized spacial score (nSPS) is 12.9. The predicted octanol–water partition coefficient (Wildman–Crippen LogP) is 1.77. The summed E-state index contributed by atoms with van der Waals surface area (Å²) < 4.78 is 0.700. The summed E-state index contributed by atoms with van der Waals surface area (Å²) in [4.78, 5) is 0. The molecule has 0 spiro atoms. The zero-order valence-corrected chi connectivity index (χ0v) is 9.14.